The number of hydrogen-bond donors (Lipinski definition) is 1. The van der Waals surface area contributed by atoms with E-state index >= 15 is 0 Å². The monoisotopic (exact) mass is 531 g/mol. The average Bonchev–Trinajstić information content (AvgIpc) is 3.28. The summed E-state index contributed by atoms with van der Waals surface area (Å²) in [5.41, 5.74) is 0. The third-order valence-corrected chi connectivity index (χ3v) is 7.61. The Morgan fingerprint density at radius 3 is 2.52 bits per heavy atom. The van der Waals surface area contributed by atoms with Gasteiger partial charge in [-0.05, 0) is 74.0 Å². The maximum absolute atomic E-state index is 10.8. The third-order valence-electron chi connectivity index (χ3n) is 7.61. The predicted octanol–water partition coefficient (Wildman–Crippen LogP) is 2.98. The fraction of sp³-hybridized carbons (Fsp3) is 0.895. The molecule has 0 spiro atoms. The standard InChI is InChI=1S/C19H28O3.Ac/c1-19(21-6-7-22-19)5-4-16(20)14-9-13-10-15(14)18-12-3-2-11(8-12)17(13)18;/h2-3,11-18,20H,4-10H2,1H3;. The molecule has 0 aromatic rings. The van der Waals surface area contributed by atoms with Gasteiger partial charge in [-0.3, -0.25) is 0 Å². The van der Waals surface area contributed by atoms with Crippen LogP contribution in [0.2, 0.25) is 0 Å². The van der Waals surface area contributed by atoms with E-state index in [9.17, 15) is 5.11 Å². The molecule has 1 heterocycles. The summed E-state index contributed by atoms with van der Waals surface area (Å²) in [6.45, 7) is 3.41. The first-order chi connectivity index (χ1) is 10.6. The first kappa shape index (κ1) is 17.5. The van der Waals surface area contributed by atoms with Gasteiger partial charge in [0.05, 0.1) is 19.3 Å². The van der Waals surface area contributed by atoms with Crippen LogP contribution in [0, 0.1) is 85.5 Å². The summed E-state index contributed by atoms with van der Waals surface area (Å²) in [5, 5.41) is 10.8. The zero-order valence-electron chi connectivity index (χ0n) is 14.1. The van der Waals surface area contributed by atoms with Gasteiger partial charge >= 0.3 is 0 Å². The van der Waals surface area contributed by atoms with Gasteiger partial charge in [-0.25, -0.2) is 0 Å². The van der Waals surface area contributed by atoms with E-state index < -0.39 is 5.79 Å². The Morgan fingerprint density at radius 2 is 1.78 bits per heavy atom. The largest absolute Gasteiger partial charge is 0.393 e. The molecule has 4 heteroatoms. The fourth-order valence-electron chi connectivity index (χ4n) is 6.83. The van der Waals surface area contributed by atoms with Crippen LogP contribution in [0.3, 0.4) is 0 Å². The Kier molecular flexibility index (Phi) is 4.82. The molecule has 8 unspecified atom stereocenters. The molecule has 3 nitrogen and oxygen atoms in total. The maximum Gasteiger partial charge on any atom is 0.165 e. The molecule has 1 aliphatic heterocycles. The van der Waals surface area contributed by atoms with Crippen molar-refractivity contribution in [3.63, 3.8) is 0 Å². The number of rotatable bonds is 4. The molecule has 5 rings (SSSR count). The van der Waals surface area contributed by atoms with Gasteiger partial charge in [-0.1, -0.05) is 12.2 Å². The number of fused-ring (bicyclic) bond motifs is 9. The third kappa shape index (κ3) is 2.74. The number of ether oxygens (including phenoxy) is 2. The van der Waals surface area contributed by atoms with Crippen LogP contribution in [0.25, 0.3) is 0 Å². The van der Waals surface area contributed by atoms with E-state index in [1.807, 2.05) is 6.92 Å². The normalized spacial score (nSPS) is 49.4. The topological polar surface area (TPSA) is 38.7 Å². The van der Waals surface area contributed by atoms with Gasteiger partial charge in [-0.15, -0.1) is 0 Å². The minimum Gasteiger partial charge on any atom is -0.393 e. The molecule has 4 bridgehead atoms. The molecule has 0 aromatic carbocycles. The zero-order valence-corrected chi connectivity index (χ0v) is 18.8. The average molecular weight is 531 g/mol. The Bertz CT molecular complexity index is 487. The molecule has 4 fully saturated rings. The molecule has 3 saturated carbocycles. The summed E-state index contributed by atoms with van der Waals surface area (Å²) >= 11 is 0. The molecule has 23 heavy (non-hydrogen) atoms. The second-order valence-corrected chi connectivity index (χ2v) is 8.60. The minimum absolute atomic E-state index is 0. The van der Waals surface area contributed by atoms with Gasteiger partial charge in [0.15, 0.2) is 5.79 Å². The Hall–Kier alpha value is 1.06. The molecule has 1 saturated heterocycles. The van der Waals surface area contributed by atoms with E-state index in [4.69, 9.17) is 9.47 Å². The molecule has 1 N–H and O–H groups in total. The van der Waals surface area contributed by atoms with Crippen LogP contribution in [0.4, 0.5) is 0 Å². The predicted molar refractivity (Wildman–Crippen MR) is 83.0 cm³/mol. The fourth-order valence-corrected chi connectivity index (χ4v) is 6.83. The minimum atomic E-state index is -0.448. The van der Waals surface area contributed by atoms with Crippen molar-refractivity contribution >= 4 is 0 Å². The van der Waals surface area contributed by atoms with Gasteiger partial charge < -0.3 is 14.6 Å². The van der Waals surface area contributed by atoms with Crippen molar-refractivity contribution in [2.24, 2.45) is 41.4 Å². The summed E-state index contributed by atoms with van der Waals surface area (Å²) < 4.78 is 11.4. The van der Waals surface area contributed by atoms with Crippen LogP contribution in [0.5, 0.6) is 0 Å². The maximum atomic E-state index is 10.8. The second kappa shape index (κ2) is 6.34. The van der Waals surface area contributed by atoms with Crippen LogP contribution in [0.1, 0.15) is 39.0 Å². The Balaban J connectivity index is 0.00000135. The number of hydrogen-bond acceptors (Lipinski definition) is 3. The molecule has 0 aromatic heterocycles. The van der Waals surface area contributed by atoms with Crippen molar-refractivity contribution in [3.05, 3.63) is 12.2 Å². The summed E-state index contributed by atoms with van der Waals surface area (Å²) in [5.74, 6) is 5.32. The van der Waals surface area contributed by atoms with Gasteiger partial charge in [0.25, 0.3) is 0 Å². The molecule has 0 amide bonds. The van der Waals surface area contributed by atoms with E-state index in [0.29, 0.717) is 19.1 Å². The number of aliphatic hydroxyl groups is 1. The van der Waals surface area contributed by atoms with Gasteiger partial charge in [0.2, 0.25) is 0 Å². The molecule has 125 valence electrons. The first-order valence-corrected chi connectivity index (χ1v) is 9.29. The molecular weight excluding hydrogens is 503 g/mol. The molecular formula is C19H28AcO3. The van der Waals surface area contributed by atoms with Crippen LogP contribution >= 0.6 is 0 Å². The van der Waals surface area contributed by atoms with Crippen LogP contribution in [0.15, 0.2) is 12.2 Å². The van der Waals surface area contributed by atoms with Crippen molar-refractivity contribution in [1.29, 1.82) is 0 Å². The number of allylic oxidation sites excluding steroid dienone is 2. The Labute approximate surface area is 175 Å². The van der Waals surface area contributed by atoms with Crippen LogP contribution in [-0.2, 0) is 9.47 Å². The van der Waals surface area contributed by atoms with Gasteiger partial charge in [-0.2, -0.15) is 0 Å². The van der Waals surface area contributed by atoms with E-state index in [-0.39, 0.29) is 50.2 Å². The molecule has 5 aliphatic rings. The molecule has 1 radical (unpaired) electrons. The summed E-state index contributed by atoms with van der Waals surface area (Å²) in [6.07, 6.45) is 10.5. The van der Waals surface area contributed by atoms with E-state index in [1.165, 1.54) is 19.3 Å². The number of aliphatic hydroxyl groups excluding tert-OH is 1. The van der Waals surface area contributed by atoms with Gasteiger partial charge in [0.1, 0.15) is 0 Å². The second-order valence-electron chi connectivity index (χ2n) is 8.60. The molecule has 8 atom stereocenters. The van der Waals surface area contributed by atoms with Crippen molar-refractivity contribution in [3.8, 4) is 0 Å². The summed E-state index contributed by atoms with van der Waals surface area (Å²) in [7, 11) is 0. The van der Waals surface area contributed by atoms with Crippen LogP contribution < -0.4 is 0 Å². The van der Waals surface area contributed by atoms with E-state index in [2.05, 4.69) is 12.2 Å². The van der Waals surface area contributed by atoms with Crippen molar-refractivity contribution < 1.29 is 58.6 Å². The summed E-state index contributed by atoms with van der Waals surface area (Å²) in [6, 6.07) is 0. The van der Waals surface area contributed by atoms with Crippen molar-refractivity contribution in [2.75, 3.05) is 13.2 Å². The van der Waals surface area contributed by atoms with E-state index in [0.717, 1.165) is 48.3 Å². The smallest absolute Gasteiger partial charge is 0.165 e. The van der Waals surface area contributed by atoms with E-state index in [1.54, 1.807) is 0 Å². The summed E-state index contributed by atoms with van der Waals surface area (Å²) in [4.78, 5) is 0. The molecule has 4 aliphatic carbocycles. The Morgan fingerprint density at radius 1 is 1.09 bits per heavy atom. The van der Waals surface area contributed by atoms with Crippen molar-refractivity contribution in [2.45, 2.75) is 50.9 Å². The van der Waals surface area contributed by atoms with Crippen molar-refractivity contribution in [1.82, 2.24) is 0 Å². The van der Waals surface area contributed by atoms with Crippen LogP contribution in [-0.4, -0.2) is 30.2 Å². The quantitative estimate of drug-likeness (QED) is 0.448. The van der Waals surface area contributed by atoms with Gasteiger partial charge in [0, 0.05) is 50.5 Å². The zero-order chi connectivity index (χ0) is 14.9. The SMILES string of the molecule is CC1(CCC(O)C2CC3CC2C2C4C=CC(C4)C32)OCCO1.[Ac]. The first-order valence-electron chi connectivity index (χ1n) is 9.29.